The van der Waals surface area contributed by atoms with Crippen LogP contribution in [0.25, 0.3) is 10.9 Å². The Bertz CT molecular complexity index is 1140. The maximum Gasteiger partial charge on any atom is 0.341 e. The van der Waals surface area contributed by atoms with Gasteiger partial charge in [-0.1, -0.05) is 6.92 Å². The van der Waals surface area contributed by atoms with E-state index in [1.165, 1.54) is 4.57 Å². The fourth-order valence-corrected chi connectivity index (χ4v) is 5.26. The topological polar surface area (TPSA) is 115 Å². The van der Waals surface area contributed by atoms with E-state index in [2.05, 4.69) is 6.92 Å². The first-order chi connectivity index (χ1) is 13.6. The molecule has 1 saturated heterocycles. The normalized spacial score (nSPS) is 28.5. The summed E-state index contributed by atoms with van der Waals surface area (Å²) >= 11 is 0. The van der Waals surface area contributed by atoms with Gasteiger partial charge in [-0.15, -0.1) is 0 Å². The summed E-state index contributed by atoms with van der Waals surface area (Å²) < 4.78 is 32.5. The number of carboxylic acid groups (broad SMARTS) is 1. The Morgan fingerprint density at radius 1 is 1.31 bits per heavy atom. The quantitative estimate of drug-likeness (QED) is 0.675. The number of anilines is 2. The number of rotatable bonds is 3. The van der Waals surface area contributed by atoms with E-state index >= 15 is 8.78 Å². The lowest BCUT2D eigenvalue weighted by Crippen LogP contribution is -2.53. The second kappa shape index (κ2) is 5.69. The van der Waals surface area contributed by atoms with E-state index < -0.39 is 39.7 Å². The number of benzene rings is 1. The first kappa shape index (κ1) is 18.4. The van der Waals surface area contributed by atoms with Crippen LogP contribution in [0.3, 0.4) is 0 Å². The van der Waals surface area contributed by atoms with E-state index in [0.717, 1.165) is 25.5 Å². The van der Waals surface area contributed by atoms with Crippen molar-refractivity contribution >= 4 is 28.2 Å². The third kappa shape index (κ3) is 2.36. The lowest BCUT2D eigenvalue weighted by molar-refractivity contribution is 0.0694. The van der Waals surface area contributed by atoms with E-state index in [0.29, 0.717) is 13.1 Å². The van der Waals surface area contributed by atoms with Crippen LogP contribution in [0.4, 0.5) is 20.2 Å². The van der Waals surface area contributed by atoms with Crippen molar-refractivity contribution in [2.45, 2.75) is 38.3 Å². The van der Waals surface area contributed by atoms with Crippen LogP contribution in [0.5, 0.6) is 0 Å². The molecule has 7 nitrogen and oxygen atoms in total. The zero-order valence-electron chi connectivity index (χ0n) is 15.9. The van der Waals surface area contributed by atoms with Crippen molar-refractivity contribution in [3.05, 3.63) is 33.6 Å². The second-order valence-electron chi connectivity index (χ2n) is 8.94. The van der Waals surface area contributed by atoms with Crippen LogP contribution in [0.2, 0.25) is 0 Å². The SMILES string of the molecule is C[C@]12C[C@H](N)[C@@H]1CN(c1c(F)c(N)c3c(=O)c(C(=O)O)cn(C4CC4)c3c1F)C2. The van der Waals surface area contributed by atoms with Crippen LogP contribution >= 0.6 is 0 Å². The van der Waals surface area contributed by atoms with Crippen LogP contribution in [-0.2, 0) is 0 Å². The highest BCUT2D eigenvalue weighted by atomic mass is 19.1. The molecule has 5 N–H and O–H groups in total. The number of nitrogen functional groups attached to an aromatic ring is 1. The molecule has 2 heterocycles. The third-order valence-corrected chi connectivity index (χ3v) is 6.93. The number of nitrogens with two attached hydrogens (primary N) is 2. The average Bonchev–Trinajstić information content (AvgIpc) is 3.44. The number of hydrogen-bond donors (Lipinski definition) is 3. The minimum Gasteiger partial charge on any atom is -0.477 e. The molecular formula is C20H22F2N4O3. The summed E-state index contributed by atoms with van der Waals surface area (Å²) in [6, 6.07) is -0.138. The molecule has 1 aromatic heterocycles. The number of aromatic carboxylic acids is 1. The van der Waals surface area contributed by atoms with Gasteiger partial charge in [0.1, 0.15) is 11.3 Å². The number of aromatic nitrogens is 1. The Balaban J connectivity index is 1.78. The van der Waals surface area contributed by atoms with Gasteiger partial charge >= 0.3 is 5.97 Å². The summed E-state index contributed by atoms with van der Waals surface area (Å²) in [6.07, 6.45) is 3.39. The van der Waals surface area contributed by atoms with Gasteiger partial charge in [0.2, 0.25) is 5.43 Å². The molecular weight excluding hydrogens is 382 g/mol. The first-order valence-electron chi connectivity index (χ1n) is 9.73. The molecule has 0 radical (unpaired) electrons. The number of carbonyl (C=O) groups is 1. The maximum absolute atomic E-state index is 15.7. The zero-order valence-corrected chi connectivity index (χ0v) is 15.9. The lowest BCUT2D eigenvalue weighted by atomic mass is 9.60. The summed E-state index contributed by atoms with van der Waals surface area (Å²) in [7, 11) is 0. The Morgan fingerprint density at radius 3 is 2.55 bits per heavy atom. The van der Waals surface area contributed by atoms with Gasteiger partial charge < -0.3 is 26.0 Å². The Morgan fingerprint density at radius 2 is 2.00 bits per heavy atom. The van der Waals surface area contributed by atoms with Crippen molar-refractivity contribution in [1.82, 2.24) is 4.57 Å². The molecule has 9 heteroatoms. The molecule has 0 spiro atoms. The summed E-state index contributed by atoms with van der Waals surface area (Å²) in [4.78, 5) is 25.8. The molecule has 29 heavy (non-hydrogen) atoms. The van der Waals surface area contributed by atoms with Crippen LogP contribution in [-0.4, -0.2) is 34.8 Å². The smallest absolute Gasteiger partial charge is 0.341 e. The van der Waals surface area contributed by atoms with Crippen molar-refractivity contribution in [3.8, 4) is 0 Å². The highest BCUT2D eigenvalue weighted by Gasteiger charge is 2.55. The van der Waals surface area contributed by atoms with E-state index in [1.54, 1.807) is 4.90 Å². The number of hydrogen-bond acceptors (Lipinski definition) is 5. The zero-order chi connectivity index (χ0) is 20.8. The van der Waals surface area contributed by atoms with Crippen LogP contribution in [0.1, 0.15) is 42.6 Å². The molecule has 0 amide bonds. The molecule has 3 atom stereocenters. The number of fused-ring (bicyclic) bond motifs is 2. The van der Waals surface area contributed by atoms with Crippen LogP contribution in [0.15, 0.2) is 11.0 Å². The standard InChI is InChI=1S/C20H22F2N4O3/c1-20-4-11(23)10(20)6-25(7-20)17-13(21)15(24)12-16(14(17)22)26(8-2-3-8)5-9(18(12)27)19(28)29/h5,8,10-11H,2-4,6-7,23-24H2,1H3,(H,28,29)/t10-,11-,20+/m0/s1. The lowest BCUT2D eigenvalue weighted by Gasteiger charge is -2.46. The number of carboxylic acids is 1. The van der Waals surface area contributed by atoms with E-state index in [-0.39, 0.29) is 34.6 Å². The predicted molar refractivity (Wildman–Crippen MR) is 104 cm³/mol. The number of pyridine rings is 1. The van der Waals surface area contributed by atoms with E-state index in [4.69, 9.17) is 11.5 Å². The van der Waals surface area contributed by atoms with Crippen molar-refractivity contribution in [2.24, 2.45) is 17.1 Å². The molecule has 0 bridgehead atoms. The molecule has 2 saturated carbocycles. The minimum absolute atomic E-state index is 0.00306. The minimum atomic E-state index is -1.45. The molecule has 2 aliphatic carbocycles. The highest BCUT2D eigenvalue weighted by molar-refractivity contribution is 5.99. The van der Waals surface area contributed by atoms with Gasteiger partial charge in [-0.3, -0.25) is 4.79 Å². The molecule has 1 aromatic carbocycles. The Hall–Kier alpha value is -2.68. The number of nitrogens with zero attached hydrogens (tertiary/aromatic N) is 2. The van der Waals surface area contributed by atoms with Crippen molar-refractivity contribution in [1.29, 1.82) is 0 Å². The molecule has 3 fully saturated rings. The average molecular weight is 404 g/mol. The maximum atomic E-state index is 15.7. The van der Waals surface area contributed by atoms with Gasteiger partial charge in [0.25, 0.3) is 0 Å². The first-order valence-corrected chi connectivity index (χ1v) is 9.73. The molecule has 3 aliphatic rings. The van der Waals surface area contributed by atoms with Gasteiger partial charge in [-0.2, -0.15) is 0 Å². The molecule has 5 rings (SSSR count). The fourth-order valence-electron chi connectivity index (χ4n) is 5.26. The Kier molecular flexibility index (Phi) is 3.60. The van der Waals surface area contributed by atoms with Gasteiger partial charge in [0.15, 0.2) is 11.6 Å². The van der Waals surface area contributed by atoms with Crippen LogP contribution in [0, 0.1) is 23.0 Å². The Labute approximate surface area is 164 Å². The van der Waals surface area contributed by atoms with Crippen molar-refractivity contribution < 1.29 is 18.7 Å². The van der Waals surface area contributed by atoms with E-state index in [9.17, 15) is 14.7 Å². The predicted octanol–water partition coefficient (Wildman–Crippen LogP) is 2.07. The molecule has 154 valence electrons. The van der Waals surface area contributed by atoms with Gasteiger partial charge in [0, 0.05) is 31.4 Å². The van der Waals surface area contributed by atoms with Gasteiger partial charge in [-0.25, -0.2) is 13.6 Å². The van der Waals surface area contributed by atoms with E-state index in [1.807, 2.05) is 0 Å². The summed E-state index contributed by atoms with van der Waals surface area (Å²) in [5.74, 6) is -3.20. The van der Waals surface area contributed by atoms with Crippen molar-refractivity contribution in [3.63, 3.8) is 0 Å². The largest absolute Gasteiger partial charge is 0.477 e. The molecule has 0 unspecified atom stereocenters. The summed E-state index contributed by atoms with van der Waals surface area (Å²) in [5, 5.41) is 8.96. The highest BCUT2D eigenvalue weighted by Crippen LogP contribution is 2.53. The fraction of sp³-hybridized carbons (Fsp3) is 0.500. The van der Waals surface area contributed by atoms with Crippen LogP contribution < -0.4 is 21.8 Å². The molecule has 2 aromatic rings. The monoisotopic (exact) mass is 404 g/mol. The third-order valence-electron chi connectivity index (χ3n) is 6.93. The second-order valence-corrected chi connectivity index (χ2v) is 8.94. The summed E-state index contributed by atoms with van der Waals surface area (Å²) in [6.45, 7) is 2.92. The molecule has 1 aliphatic heterocycles. The number of halogens is 2. The summed E-state index contributed by atoms with van der Waals surface area (Å²) in [5.41, 5.74) is 9.54. The van der Waals surface area contributed by atoms with Gasteiger partial charge in [0.05, 0.1) is 16.6 Å². The van der Waals surface area contributed by atoms with Crippen molar-refractivity contribution in [2.75, 3.05) is 23.7 Å². The van der Waals surface area contributed by atoms with Gasteiger partial charge in [-0.05, 0) is 30.6 Å².